The van der Waals surface area contributed by atoms with Gasteiger partial charge in [0.15, 0.2) is 0 Å². The van der Waals surface area contributed by atoms with Crippen molar-refractivity contribution in [1.29, 1.82) is 0 Å². The zero-order valence-corrected chi connectivity index (χ0v) is 16.7. The molecule has 0 aliphatic heterocycles. The standard InChI is InChI=1S/C23H23FN4O/c1-15-21-19(25-26-22(29)16-9-11-17(24)12-10-16)13-23(2,3)14-20(21)28(27-15)18-7-5-4-6-8-18/h4-12H,13-14H2,1-3H3,(H,26,29)/b25-19+. The van der Waals surface area contributed by atoms with Gasteiger partial charge in [0.25, 0.3) is 5.91 Å². The topological polar surface area (TPSA) is 59.3 Å². The Balaban J connectivity index is 1.71. The Kier molecular flexibility index (Phi) is 4.78. The molecule has 0 atom stereocenters. The number of hydrogen-bond donors (Lipinski definition) is 1. The Morgan fingerprint density at radius 2 is 1.79 bits per heavy atom. The van der Waals surface area contributed by atoms with Gasteiger partial charge in [-0.2, -0.15) is 10.2 Å². The molecule has 0 saturated heterocycles. The number of para-hydroxylation sites is 1. The normalized spacial score (nSPS) is 16.5. The minimum atomic E-state index is -0.379. The molecule has 0 saturated carbocycles. The maximum Gasteiger partial charge on any atom is 0.271 e. The van der Waals surface area contributed by atoms with Gasteiger partial charge >= 0.3 is 0 Å². The summed E-state index contributed by atoms with van der Waals surface area (Å²) in [5, 5.41) is 9.21. The molecule has 0 bridgehead atoms. The van der Waals surface area contributed by atoms with Crippen molar-refractivity contribution in [3.05, 3.63) is 82.9 Å². The van der Waals surface area contributed by atoms with E-state index in [9.17, 15) is 9.18 Å². The van der Waals surface area contributed by atoms with Crippen LogP contribution >= 0.6 is 0 Å². The lowest BCUT2D eigenvalue weighted by molar-refractivity contribution is 0.0954. The van der Waals surface area contributed by atoms with Crippen LogP contribution in [0.3, 0.4) is 0 Å². The SMILES string of the molecule is Cc1nn(-c2ccccc2)c2c1/C(=N/NC(=O)c1ccc(F)cc1)CC(C)(C)C2. The molecule has 1 N–H and O–H groups in total. The lowest BCUT2D eigenvalue weighted by Gasteiger charge is -2.31. The molecule has 0 fully saturated rings. The van der Waals surface area contributed by atoms with E-state index < -0.39 is 0 Å². The van der Waals surface area contributed by atoms with Gasteiger partial charge in [0.1, 0.15) is 5.82 Å². The summed E-state index contributed by atoms with van der Waals surface area (Å²) in [5.74, 6) is -0.744. The molecule has 1 aromatic heterocycles. The van der Waals surface area contributed by atoms with E-state index in [1.807, 2.05) is 41.9 Å². The second kappa shape index (κ2) is 7.28. The van der Waals surface area contributed by atoms with Gasteiger partial charge in [-0.05, 0) is 61.6 Å². The highest BCUT2D eigenvalue weighted by Gasteiger charge is 2.34. The summed E-state index contributed by atoms with van der Waals surface area (Å²) in [4.78, 5) is 12.4. The van der Waals surface area contributed by atoms with E-state index in [4.69, 9.17) is 5.10 Å². The zero-order valence-electron chi connectivity index (χ0n) is 16.7. The number of aryl methyl sites for hydroxylation is 1. The van der Waals surface area contributed by atoms with Crippen molar-refractivity contribution >= 4 is 11.6 Å². The van der Waals surface area contributed by atoms with Gasteiger partial charge in [0.2, 0.25) is 0 Å². The number of carbonyl (C=O) groups is 1. The number of hydrazone groups is 1. The number of benzene rings is 2. The fourth-order valence-corrected chi connectivity index (χ4v) is 3.83. The molecule has 5 nitrogen and oxygen atoms in total. The van der Waals surface area contributed by atoms with E-state index in [0.29, 0.717) is 5.56 Å². The van der Waals surface area contributed by atoms with Gasteiger partial charge in [0, 0.05) is 11.1 Å². The molecule has 4 rings (SSSR count). The zero-order chi connectivity index (χ0) is 20.6. The molecule has 1 amide bonds. The molecule has 3 aromatic rings. The van der Waals surface area contributed by atoms with Crippen LogP contribution in [0.15, 0.2) is 59.7 Å². The Morgan fingerprint density at radius 1 is 1.10 bits per heavy atom. The largest absolute Gasteiger partial charge is 0.271 e. The van der Waals surface area contributed by atoms with Gasteiger partial charge in [-0.15, -0.1) is 0 Å². The quantitative estimate of drug-likeness (QED) is 0.673. The molecule has 6 heteroatoms. The van der Waals surface area contributed by atoms with E-state index in [1.165, 1.54) is 24.3 Å². The van der Waals surface area contributed by atoms with Crippen LogP contribution in [0.2, 0.25) is 0 Å². The lowest BCUT2D eigenvalue weighted by Crippen LogP contribution is -2.31. The van der Waals surface area contributed by atoms with E-state index in [2.05, 4.69) is 24.4 Å². The summed E-state index contributed by atoms with van der Waals surface area (Å²) in [6.45, 7) is 6.34. The lowest BCUT2D eigenvalue weighted by atomic mass is 9.75. The van der Waals surface area contributed by atoms with E-state index >= 15 is 0 Å². The third-order valence-electron chi connectivity index (χ3n) is 5.14. The molecule has 148 valence electrons. The fraction of sp³-hybridized carbons (Fsp3) is 0.261. The molecule has 1 aliphatic rings. The van der Waals surface area contributed by atoms with E-state index in [-0.39, 0.29) is 17.1 Å². The molecule has 1 aliphatic carbocycles. The predicted octanol–water partition coefficient (Wildman–Crippen LogP) is 4.43. The predicted molar refractivity (Wildman–Crippen MR) is 111 cm³/mol. The highest BCUT2D eigenvalue weighted by molar-refractivity contribution is 6.05. The van der Waals surface area contributed by atoms with Gasteiger partial charge in [0.05, 0.1) is 22.8 Å². The minimum Gasteiger partial charge on any atom is -0.267 e. The number of hydrogen-bond acceptors (Lipinski definition) is 3. The summed E-state index contributed by atoms with van der Waals surface area (Å²) >= 11 is 0. The minimum absolute atomic E-state index is 0.0224. The summed E-state index contributed by atoms with van der Waals surface area (Å²) < 4.78 is 15.1. The van der Waals surface area contributed by atoms with Crippen LogP contribution in [0.4, 0.5) is 4.39 Å². The summed E-state index contributed by atoms with van der Waals surface area (Å²) in [5.41, 5.74) is 7.76. The van der Waals surface area contributed by atoms with Crippen LogP contribution in [-0.4, -0.2) is 21.4 Å². The highest BCUT2D eigenvalue weighted by atomic mass is 19.1. The molecule has 0 spiro atoms. The maximum absolute atomic E-state index is 13.1. The highest BCUT2D eigenvalue weighted by Crippen LogP contribution is 2.37. The molecule has 0 radical (unpaired) electrons. The fourth-order valence-electron chi connectivity index (χ4n) is 3.83. The van der Waals surface area contributed by atoms with Gasteiger partial charge in [-0.3, -0.25) is 4.79 Å². The molecular formula is C23H23FN4O. The number of carbonyl (C=O) groups excluding carboxylic acids is 1. The van der Waals surface area contributed by atoms with Crippen LogP contribution in [0.25, 0.3) is 5.69 Å². The number of fused-ring (bicyclic) bond motifs is 1. The number of nitrogens with zero attached hydrogens (tertiary/aromatic N) is 3. The average Bonchev–Trinajstić information content (AvgIpc) is 3.02. The Labute approximate surface area is 169 Å². The van der Waals surface area contributed by atoms with Crippen molar-refractivity contribution in [2.24, 2.45) is 10.5 Å². The van der Waals surface area contributed by atoms with Gasteiger partial charge in [-0.25, -0.2) is 14.5 Å². The van der Waals surface area contributed by atoms with E-state index in [1.54, 1.807) is 0 Å². The smallest absolute Gasteiger partial charge is 0.267 e. The number of halogens is 1. The van der Waals surface area contributed by atoms with Crippen LogP contribution < -0.4 is 5.43 Å². The van der Waals surface area contributed by atoms with Crippen molar-refractivity contribution in [3.63, 3.8) is 0 Å². The molecule has 0 unspecified atom stereocenters. The first-order chi connectivity index (χ1) is 13.8. The van der Waals surface area contributed by atoms with Gasteiger partial charge in [-0.1, -0.05) is 32.0 Å². The maximum atomic E-state index is 13.1. The molecule has 2 aromatic carbocycles. The van der Waals surface area contributed by atoms with Gasteiger partial charge < -0.3 is 0 Å². The summed E-state index contributed by atoms with van der Waals surface area (Å²) in [7, 11) is 0. The Hall–Kier alpha value is -3.28. The number of amides is 1. The van der Waals surface area contributed by atoms with Crippen molar-refractivity contribution in [3.8, 4) is 5.69 Å². The van der Waals surface area contributed by atoms with Crippen molar-refractivity contribution in [2.45, 2.75) is 33.6 Å². The van der Waals surface area contributed by atoms with Crippen LogP contribution in [0, 0.1) is 18.2 Å². The van der Waals surface area contributed by atoms with Crippen molar-refractivity contribution < 1.29 is 9.18 Å². The Bertz CT molecular complexity index is 1080. The van der Waals surface area contributed by atoms with Crippen LogP contribution in [0.5, 0.6) is 0 Å². The third-order valence-corrected chi connectivity index (χ3v) is 5.14. The van der Waals surface area contributed by atoms with Crippen molar-refractivity contribution in [1.82, 2.24) is 15.2 Å². The van der Waals surface area contributed by atoms with Crippen molar-refractivity contribution in [2.75, 3.05) is 0 Å². The average molecular weight is 390 g/mol. The molecular weight excluding hydrogens is 367 g/mol. The summed E-state index contributed by atoms with van der Waals surface area (Å²) in [6, 6.07) is 15.4. The summed E-state index contributed by atoms with van der Waals surface area (Å²) in [6.07, 6.45) is 1.59. The first kappa shape index (κ1) is 19.1. The first-order valence-electron chi connectivity index (χ1n) is 9.61. The monoisotopic (exact) mass is 390 g/mol. The molecule has 29 heavy (non-hydrogen) atoms. The number of nitrogens with one attached hydrogen (secondary N) is 1. The third kappa shape index (κ3) is 3.83. The van der Waals surface area contributed by atoms with E-state index in [0.717, 1.165) is 41.2 Å². The number of aromatic nitrogens is 2. The molecule has 1 heterocycles. The second-order valence-electron chi connectivity index (χ2n) is 8.18. The second-order valence-corrected chi connectivity index (χ2v) is 8.18. The van der Waals surface area contributed by atoms with Crippen LogP contribution in [0.1, 0.15) is 47.6 Å². The number of rotatable bonds is 3. The first-order valence-corrected chi connectivity index (χ1v) is 9.61. The Morgan fingerprint density at radius 3 is 2.48 bits per heavy atom. The van der Waals surface area contributed by atoms with Crippen LogP contribution in [-0.2, 0) is 6.42 Å².